The first-order chi connectivity index (χ1) is 9.58. The number of fused-ring (bicyclic) bond motifs is 1. The molecule has 100 valence electrons. The number of carboxylic acid groups (broad SMARTS) is 1. The first-order valence-corrected chi connectivity index (χ1v) is 5.74. The number of rotatable bonds is 2. The zero-order valence-corrected chi connectivity index (χ0v) is 10.0. The van der Waals surface area contributed by atoms with Crippen LogP contribution in [0.1, 0.15) is 10.5 Å². The Morgan fingerprint density at radius 3 is 2.65 bits per heavy atom. The minimum atomic E-state index is -1.18. The lowest BCUT2D eigenvalue weighted by Gasteiger charge is -2.01. The summed E-state index contributed by atoms with van der Waals surface area (Å²) in [6.07, 6.45) is 1.62. The molecule has 20 heavy (non-hydrogen) atoms. The van der Waals surface area contributed by atoms with Crippen LogP contribution in [0, 0.1) is 11.6 Å². The third-order valence-electron chi connectivity index (χ3n) is 2.93. The van der Waals surface area contributed by atoms with E-state index in [2.05, 4.69) is 4.98 Å². The molecule has 0 radical (unpaired) electrons. The molecule has 0 amide bonds. The largest absolute Gasteiger partial charge is 0.476 e. The fraction of sp³-hybridized carbons (Fsp3) is 0. The number of halogens is 2. The molecule has 4 nitrogen and oxygen atoms in total. The first-order valence-electron chi connectivity index (χ1n) is 5.74. The molecule has 0 saturated carbocycles. The van der Waals surface area contributed by atoms with E-state index in [1.54, 1.807) is 24.4 Å². The van der Waals surface area contributed by atoms with E-state index in [1.165, 1.54) is 10.5 Å². The molecule has 1 aromatic carbocycles. The molecular formula is C14H8F2N2O2. The Morgan fingerprint density at radius 1 is 1.15 bits per heavy atom. The molecule has 0 aliphatic rings. The van der Waals surface area contributed by atoms with E-state index in [0.717, 1.165) is 12.1 Å². The minimum Gasteiger partial charge on any atom is -0.476 e. The van der Waals surface area contributed by atoms with Crippen molar-refractivity contribution in [1.29, 1.82) is 0 Å². The van der Waals surface area contributed by atoms with Gasteiger partial charge >= 0.3 is 5.97 Å². The predicted molar refractivity (Wildman–Crippen MR) is 67.5 cm³/mol. The quantitative estimate of drug-likeness (QED) is 0.781. The fourth-order valence-electron chi connectivity index (χ4n) is 2.03. The molecule has 1 N–H and O–H groups in total. The van der Waals surface area contributed by atoms with Crippen LogP contribution in [0.25, 0.3) is 16.9 Å². The van der Waals surface area contributed by atoms with Crippen molar-refractivity contribution in [2.75, 3.05) is 0 Å². The van der Waals surface area contributed by atoms with E-state index in [-0.39, 0.29) is 11.5 Å². The van der Waals surface area contributed by atoms with Gasteiger partial charge in [0.1, 0.15) is 5.82 Å². The summed E-state index contributed by atoms with van der Waals surface area (Å²) >= 11 is 0. The molecule has 0 spiro atoms. The molecule has 6 heteroatoms. The monoisotopic (exact) mass is 274 g/mol. The highest BCUT2D eigenvalue weighted by Gasteiger charge is 2.18. The van der Waals surface area contributed by atoms with Gasteiger partial charge in [-0.2, -0.15) is 0 Å². The number of pyridine rings is 1. The average Bonchev–Trinajstić information content (AvgIpc) is 2.82. The van der Waals surface area contributed by atoms with Crippen LogP contribution in [0.2, 0.25) is 0 Å². The van der Waals surface area contributed by atoms with Crippen molar-refractivity contribution in [3.05, 3.63) is 59.9 Å². The maximum atomic E-state index is 13.3. The van der Waals surface area contributed by atoms with Crippen LogP contribution < -0.4 is 0 Å². The second-order valence-electron chi connectivity index (χ2n) is 4.17. The number of nitrogens with zero attached hydrogens (tertiary/aromatic N) is 2. The average molecular weight is 274 g/mol. The van der Waals surface area contributed by atoms with Crippen molar-refractivity contribution < 1.29 is 18.7 Å². The van der Waals surface area contributed by atoms with E-state index in [4.69, 9.17) is 5.11 Å². The van der Waals surface area contributed by atoms with Gasteiger partial charge < -0.3 is 5.11 Å². The summed E-state index contributed by atoms with van der Waals surface area (Å²) in [7, 11) is 0. The third kappa shape index (κ3) is 1.82. The topological polar surface area (TPSA) is 54.6 Å². The summed E-state index contributed by atoms with van der Waals surface area (Å²) in [5.74, 6) is -2.90. The molecule has 0 aliphatic carbocycles. The van der Waals surface area contributed by atoms with Crippen molar-refractivity contribution in [2.45, 2.75) is 0 Å². The van der Waals surface area contributed by atoms with Crippen molar-refractivity contribution in [3.8, 4) is 11.4 Å². The van der Waals surface area contributed by atoms with Gasteiger partial charge in [-0.05, 0) is 30.3 Å². The fourth-order valence-corrected chi connectivity index (χ4v) is 2.03. The van der Waals surface area contributed by atoms with Gasteiger partial charge in [0.05, 0.1) is 5.52 Å². The van der Waals surface area contributed by atoms with Gasteiger partial charge in [-0.15, -0.1) is 0 Å². The summed E-state index contributed by atoms with van der Waals surface area (Å²) in [5.41, 5.74) is 0.558. The zero-order chi connectivity index (χ0) is 14.3. The lowest BCUT2D eigenvalue weighted by Crippen LogP contribution is -1.97. The Labute approximate surface area is 111 Å². The van der Waals surface area contributed by atoms with Gasteiger partial charge in [-0.25, -0.2) is 18.6 Å². The second-order valence-corrected chi connectivity index (χ2v) is 4.17. The normalized spacial score (nSPS) is 10.9. The number of aromatic carboxylic acids is 1. The maximum absolute atomic E-state index is 13.3. The highest BCUT2D eigenvalue weighted by atomic mass is 19.2. The second kappa shape index (κ2) is 4.41. The Balaban J connectivity index is 2.31. The molecule has 2 aromatic heterocycles. The highest BCUT2D eigenvalue weighted by molar-refractivity contribution is 5.94. The lowest BCUT2D eigenvalue weighted by atomic mass is 10.2. The zero-order valence-electron chi connectivity index (χ0n) is 10.0. The third-order valence-corrected chi connectivity index (χ3v) is 2.93. The number of aromatic nitrogens is 2. The van der Waals surface area contributed by atoms with Crippen molar-refractivity contribution in [1.82, 2.24) is 9.38 Å². The molecule has 0 bridgehead atoms. The van der Waals surface area contributed by atoms with E-state index in [9.17, 15) is 13.6 Å². The number of imidazole rings is 1. The SMILES string of the molecule is O=C(O)c1nc(-c2ccc(F)c(F)c2)n2ccccc12. The first kappa shape index (κ1) is 12.3. The smallest absolute Gasteiger partial charge is 0.356 e. The van der Waals surface area contributed by atoms with Crippen LogP contribution in [-0.4, -0.2) is 20.5 Å². The van der Waals surface area contributed by atoms with Gasteiger partial charge in [0.15, 0.2) is 17.3 Å². The van der Waals surface area contributed by atoms with E-state index < -0.39 is 17.6 Å². The summed E-state index contributed by atoms with van der Waals surface area (Å²) in [4.78, 5) is 15.2. The number of hydrogen-bond donors (Lipinski definition) is 1. The summed E-state index contributed by atoms with van der Waals surface area (Å²) in [6.45, 7) is 0. The molecule has 3 rings (SSSR count). The number of benzene rings is 1. The highest BCUT2D eigenvalue weighted by Crippen LogP contribution is 2.24. The molecule has 2 heterocycles. The number of carboxylic acids is 1. The Morgan fingerprint density at radius 2 is 1.95 bits per heavy atom. The Hall–Kier alpha value is -2.76. The van der Waals surface area contributed by atoms with Crippen LogP contribution in [-0.2, 0) is 0 Å². The molecule has 0 atom stereocenters. The summed E-state index contributed by atoms with van der Waals surface area (Å²) in [5, 5.41) is 9.13. The maximum Gasteiger partial charge on any atom is 0.356 e. The minimum absolute atomic E-state index is 0.134. The summed E-state index contributed by atoms with van der Waals surface area (Å²) in [6, 6.07) is 8.30. The van der Waals surface area contributed by atoms with Gasteiger partial charge in [0.25, 0.3) is 0 Å². The van der Waals surface area contributed by atoms with Crippen LogP contribution in [0.15, 0.2) is 42.6 Å². The standard InChI is InChI=1S/C14H8F2N2O2/c15-9-5-4-8(7-10(9)16)13-17-12(14(19)20)11-3-1-2-6-18(11)13/h1-7H,(H,19,20). The predicted octanol–water partition coefficient (Wildman–Crippen LogP) is 2.98. The van der Waals surface area contributed by atoms with E-state index in [0.29, 0.717) is 11.1 Å². The van der Waals surface area contributed by atoms with Crippen LogP contribution in [0.4, 0.5) is 8.78 Å². The Bertz CT molecular complexity index is 827. The lowest BCUT2D eigenvalue weighted by molar-refractivity contribution is 0.0693. The molecule has 0 fully saturated rings. The molecule has 0 saturated heterocycles. The number of hydrogen-bond acceptors (Lipinski definition) is 2. The molecular weight excluding hydrogens is 266 g/mol. The van der Waals surface area contributed by atoms with Gasteiger partial charge in [-0.3, -0.25) is 4.40 Å². The van der Waals surface area contributed by atoms with Crippen molar-refractivity contribution in [3.63, 3.8) is 0 Å². The van der Waals surface area contributed by atoms with Crippen molar-refractivity contribution >= 4 is 11.5 Å². The van der Waals surface area contributed by atoms with Crippen molar-refractivity contribution in [2.24, 2.45) is 0 Å². The van der Waals surface area contributed by atoms with Gasteiger partial charge in [-0.1, -0.05) is 6.07 Å². The summed E-state index contributed by atoms with van der Waals surface area (Å²) < 4.78 is 27.8. The van der Waals surface area contributed by atoms with Gasteiger partial charge in [0, 0.05) is 11.8 Å². The van der Waals surface area contributed by atoms with E-state index >= 15 is 0 Å². The molecule has 3 aromatic rings. The molecule has 0 aliphatic heterocycles. The molecule has 0 unspecified atom stereocenters. The number of carbonyl (C=O) groups is 1. The Kier molecular flexibility index (Phi) is 2.71. The van der Waals surface area contributed by atoms with Crippen LogP contribution >= 0.6 is 0 Å². The van der Waals surface area contributed by atoms with E-state index in [1.807, 2.05) is 0 Å². The van der Waals surface area contributed by atoms with Crippen LogP contribution in [0.3, 0.4) is 0 Å². The van der Waals surface area contributed by atoms with Crippen LogP contribution in [0.5, 0.6) is 0 Å². The van der Waals surface area contributed by atoms with Gasteiger partial charge in [0.2, 0.25) is 0 Å².